The van der Waals surface area contributed by atoms with E-state index in [9.17, 15) is 0 Å². The summed E-state index contributed by atoms with van der Waals surface area (Å²) < 4.78 is 17.4. The van der Waals surface area contributed by atoms with Crippen LogP contribution in [0.2, 0.25) is 0 Å². The van der Waals surface area contributed by atoms with E-state index >= 15 is 0 Å². The zero-order valence-corrected chi connectivity index (χ0v) is 14.6. The van der Waals surface area contributed by atoms with E-state index in [1.165, 1.54) is 0 Å². The summed E-state index contributed by atoms with van der Waals surface area (Å²) in [5.41, 5.74) is 7.27. The molecule has 0 spiro atoms. The Labute approximate surface area is 137 Å². The number of pyridine rings is 1. The minimum atomic E-state index is -0.450. The third-order valence-electron chi connectivity index (χ3n) is 4.17. The molecule has 120 valence electrons. The summed E-state index contributed by atoms with van der Waals surface area (Å²) in [5.74, 6) is 0.999. The zero-order valence-electron chi connectivity index (χ0n) is 13.7. The number of aromatic nitrogens is 1. The average Bonchev–Trinajstić information content (AvgIpc) is 2.64. The van der Waals surface area contributed by atoms with Crippen LogP contribution in [-0.2, 0) is 9.31 Å². The van der Waals surface area contributed by atoms with E-state index in [0.717, 1.165) is 11.0 Å². The number of rotatable bonds is 4. The Balaban J connectivity index is 2.35. The highest BCUT2D eigenvalue weighted by atomic mass is 32.1. The van der Waals surface area contributed by atoms with Gasteiger partial charge >= 0.3 is 7.12 Å². The summed E-state index contributed by atoms with van der Waals surface area (Å²) in [6.45, 7) is 8.08. The molecule has 1 aromatic heterocycles. The monoisotopic (exact) mass is 322 g/mol. The molecule has 2 heterocycles. The molecular weight excluding hydrogens is 299 g/mol. The summed E-state index contributed by atoms with van der Waals surface area (Å²) in [7, 11) is 1.12. The van der Waals surface area contributed by atoms with E-state index in [4.69, 9.17) is 19.8 Å². The summed E-state index contributed by atoms with van der Waals surface area (Å²) >= 11 is 4.40. The fourth-order valence-electron chi connectivity index (χ4n) is 2.14. The maximum atomic E-state index is 6.06. The van der Waals surface area contributed by atoms with Crippen LogP contribution in [0.3, 0.4) is 0 Å². The van der Waals surface area contributed by atoms with Crippen LogP contribution in [0.5, 0.6) is 5.88 Å². The predicted molar refractivity (Wildman–Crippen MR) is 93.1 cm³/mol. The molecule has 1 fully saturated rings. The zero-order chi connectivity index (χ0) is 16.5. The maximum absolute atomic E-state index is 6.06. The van der Waals surface area contributed by atoms with Gasteiger partial charge in [0.25, 0.3) is 0 Å². The molecule has 0 aliphatic carbocycles. The molecule has 0 saturated carbocycles. The number of hydrogen-bond acceptors (Lipinski definition) is 6. The number of nitrogens with zero attached hydrogens (tertiary/aromatic N) is 1. The largest absolute Gasteiger partial charge is 0.491 e. The first-order chi connectivity index (χ1) is 10.2. The van der Waals surface area contributed by atoms with Gasteiger partial charge < -0.3 is 19.8 Å². The highest BCUT2D eigenvalue weighted by Crippen LogP contribution is 2.39. The molecule has 1 aliphatic rings. The third-order valence-corrected chi connectivity index (χ3v) is 4.54. The maximum Gasteiger partial charge on any atom is 0.491 e. The molecule has 0 atom stereocenters. The van der Waals surface area contributed by atoms with E-state index < -0.39 is 18.3 Å². The second-order valence-electron chi connectivity index (χ2n) is 6.33. The fraction of sp³-hybridized carbons (Fsp3) is 0.533. The molecule has 1 aromatic rings. The van der Waals surface area contributed by atoms with Crippen molar-refractivity contribution in [2.45, 2.75) is 38.9 Å². The van der Waals surface area contributed by atoms with E-state index in [0.29, 0.717) is 17.3 Å². The lowest BCUT2D eigenvalue weighted by atomic mass is 9.78. The van der Waals surface area contributed by atoms with Gasteiger partial charge in [0.2, 0.25) is 5.88 Å². The molecule has 1 aliphatic heterocycles. The van der Waals surface area contributed by atoms with Gasteiger partial charge in [-0.05, 0) is 39.2 Å². The van der Waals surface area contributed by atoms with Gasteiger partial charge in [0, 0.05) is 11.3 Å². The summed E-state index contributed by atoms with van der Waals surface area (Å²) in [6.07, 6.45) is 3.47. The van der Waals surface area contributed by atoms with Crippen LogP contribution >= 0.6 is 12.6 Å². The van der Waals surface area contributed by atoms with Gasteiger partial charge in [0.1, 0.15) is 0 Å². The van der Waals surface area contributed by atoms with Crippen molar-refractivity contribution in [2.75, 3.05) is 18.6 Å². The molecular formula is C15H23BN2O3S. The van der Waals surface area contributed by atoms with Crippen LogP contribution in [0.25, 0.3) is 6.08 Å². The van der Waals surface area contributed by atoms with Crippen LogP contribution in [0.4, 0.5) is 5.69 Å². The second-order valence-corrected chi connectivity index (χ2v) is 6.65. The van der Waals surface area contributed by atoms with Gasteiger partial charge in [0.05, 0.1) is 30.2 Å². The van der Waals surface area contributed by atoms with Crippen LogP contribution in [0.15, 0.2) is 17.7 Å². The highest BCUT2D eigenvalue weighted by molar-refractivity contribution is 7.80. The minimum Gasteiger partial charge on any atom is -0.481 e. The molecule has 5 nitrogen and oxygen atoms in total. The second kappa shape index (κ2) is 6.14. The Morgan fingerprint density at radius 1 is 1.36 bits per heavy atom. The van der Waals surface area contributed by atoms with Gasteiger partial charge in [-0.25, -0.2) is 4.98 Å². The summed E-state index contributed by atoms with van der Waals surface area (Å²) in [5, 5.41) is 0. The Kier molecular flexibility index (Phi) is 4.80. The van der Waals surface area contributed by atoms with Gasteiger partial charge in [-0.2, -0.15) is 12.6 Å². The molecule has 7 heteroatoms. The third kappa shape index (κ3) is 3.26. The lowest BCUT2D eigenvalue weighted by Gasteiger charge is -2.32. The van der Waals surface area contributed by atoms with Crippen molar-refractivity contribution in [3.63, 3.8) is 0 Å². The van der Waals surface area contributed by atoms with Crippen molar-refractivity contribution < 1.29 is 14.0 Å². The number of nitrogens with two attached hydrogens (primary N) is 1. The van der Waals surface area contributed by atoms with E-state index in [1.54, 1.807) is 19.4 Å². The summed E-state index contributed by atoms with van der Waals surface area (Å²) in [6, 6.07) is 1.81. The predicted octanol–water partition coefficient (Wildman–Crippen LogP) is 2.62. The number of nitrogen functional groups attached to an aromatic ring is 1. The lowest BCUT2D eigenvalue weighted by molar-refractivity contribution is 0.00578. The number of thiol groups is 1. The summed E-state index contributed by atoms with van der Waals surface area (Å²) in [4.78, 5) is 4.17. The quantitative estimate of drug-likeness (QED) is 0.659. The molecule has 2 N–H and O–H groups in total. The molecule has 0 bridgehead atoms. The fourth-order valence-corrected chi connectivity index (χ4v) is 2.38. The molecule has 1 saturated heterocycles. The number of methoxy groups -OCH3 is 1. The number of ether oxygens (including phenoxy) is 1. The van der Waals surface area contributed by atoms with Crippen molar-refractivity contribution in [2.24, 2.45) is 0 Å². The molecule has 2 rings (SSSR count). The van der Waals surface area contributed by atoms with Crippen molar-refractivity contribution in [1.82, 2.24) is 4.98 Å². The topological polar surface area (TPSA) is 66.6 Å². The van der Waals surface area contributed by atoms with Crippen molar-refractivity contribution in [3.8, 4) is 5.88 Å². The van der Waals surface area contributed by atoms with Crippen LogP contribution in [0, 0.1) is 0 Å². The average molecular weight is 322 g/mol. The SMILES string of the molecule is COc1ncc(N)cc1C=C(CS)B1OC(C)(C)C(C)(C)O1. The Morgan fingerprint density at radius 3 is 2.45 bits per heavy atom. The van der Waals surface area contributed by atoms with Crippen LogP contribution in [0.1, 0.15) is 33.3 Å². The van der Waals surface area contributed by atoms with Gasteiger partial charge in [-0.15, -0.1) is 0 Å². The van der Waals surface area contributed by atoms with E-state index in [1.807, 2.05) is 33.8 Å². The Hall–Kier alpha value is -1.18. The minimum absolute atomic E-state index is 0.391. The molecule has 0 unspecified atom stereocenters. The molecule has 0 aromatic carbocycles. The first-order valence-electron chi connectivity index (χ1n) is 7.16. The standard InChI is InChI=1S/C15H23BN2O3S/c1-14(2)15(3,4)21-16(20-14)11(9-22)6-10-7-12(17)8-18-13(10)19-5/h6-8,22H,9,17H2,1-5H3. The first kappa shape index (κ1) is 17.2. The molecule has 0 amide bonds. The highest BCUT2D eigenvalue weighted by Gasteiger charge is 2.52. The van der Waals surface area contributed by atoms with E-state index in [2.05, 4.69) is 17.6 Å². The van der Waals surface area contributed by atoms with Crippen molar-refractivity contribution in [1.29, 1.82) is 0 Å². The first-order valence-corrected chi connectivity index (χ1v) is 7.80. The van der Waals surface area contributed by atoms with Crippen LogP contribution < -0.4 is 10.5 Å². The van der Waals surface area contributed by atoms with Crippen molar-refractivity contribution >= 4 is 31.5 Å². The van der Waals surface area contributed by atoms with Gasteiger partial charge in [0.15, 0.2) is 0 Å². The van der Waals surface area contributed by atoms with Crippen molar-refractivity contribution in [3.05, 3.63) is 23.3 Å². The Bertz CT molecular complexity index is 574. The van der Waals surface area contributed by atoms with Crippen LogP contribution in [-0.4, -0.2) is 36.2 Å². The normalized spacial score (nSPS) is 20.3. The Morgan fingerprint density at radius 2 is 1.95 bits per heavy atom. The smallest absolute Gasteiger partial charge is 0.481 e. The van der Waals surface area contributed by atoms with E-state index in [-0.39, 0.29) is 0 Å². The molecule has 22 heavy (non-hydrogen) atoms. The van der Waals surface area contributed by atoms with Gasteiger partial charge in [-0.3, -0.25) is 0 Å². The number of hydrogen-bond donors (Lipinski definition) is 2. The lowest BCUT2D eigenvalue weighted by Crippen LogP contribution is -2.41. The number of anilines is 1. The van der Waals surface area contributed by atoms with Gasteiger partial charge in [-0.1, -0.05) is 6.08 Å². The molecule has 0 radical (unpaired) electrons.